The number of nitrogens with zero attached hydrogens (tertiary/aromatic N) is 3. The number of carbonyl (C=O) groups excluding carboxylic acids is 1. The van der Waals surface area contributed by atoms with Crippen molar-refractivity contribution in [3.63, 3.8) is 0 Å². The molecule has 0 spiro atoms. The van der Waals surface area contributed by atoms with Gasteiger partial charge in [-0.15, -0.1) is 0 Å². The Hall–Kier alpha value is -3.74. The second-order valence-electron chi connectivity index (χ2n) is 8.00. The molecular formula is C20H27N7O6. The minimum absolute atomic E-state index is 0.00312. The molecule has 33 heavy (non-hydrogen) atoms. The third-order valence-corrected chi connectivity index (χ3v) is 5.67. The standard InChI is InChI=1S/C20H27N7O6/c1-27-12(9-23-16-15(27)18(31)26-20(21)25-16)8-22-11-4-2-10(3-5-11)17(30)24-13(19(32)33)6-7-14(28)29/h2,4,9-13,22H,3,5-8H2,1H3,(H,24,30)(H,28,29)(H,32,33)(H3,21,25,26,31)/t10?,11?,12?,13-/m0/s1. The molecule has 2 heterocycles. The maximum atomic E-state index is 12.4. The van der Waals surface area contributed by atoms with Gasteiger partial charge in [-0.25, -0.2) is 9.79 Å². The number of aromatic nitrogens is 2. The second-order valence-corrected chi connectivity index (χ2v) is 8.00. The van der Waals surface area contributed by atoms with Gasteiger partial charge in [-0.1, -0.05) is 12.2 Å². The van der Waals surface area contributed by atoms with Crippen molar-refractivity contribution in [2.75, 3.05) is 24.2 Å². The van der Waals surface area contributed by atoms with Crippen LogP contribution in [0.5, 0.6) is 0 Å². The molecule has 13 nitrogen and oxygen atoms in total. The number of carboxylic acids is 2. The molecule has 178 valence electrons. The van der Waals surface area contributed by atoms with Crippen LogP contribution in [0.25, 0.3) is 0 Å². The number of hydrogen-bond donors (Lipinski definition) is 6. The van der Waals surface area contributed by atoms with Crippen molar-refractivity contribution >= 4 is 41.5 Å². The molecule has 1 aliphatic heterocycles. The number of nitrogen functional groups attached to an aromatic ring is 1. The third kappa shape index (κ3) is 5.94. The summed E-state index contributed by atoms with van der Waals surface area (Å²) in [6.07, 6.45) is 5.88. The number of H-pyrrole nitrogens is 1. The first-order valence-corrected chi connectivity index (χ1v) is 10.5. The SMILES string of the molecule is CN1c2c(nc(N)[nH]c2=O)N=CC1CNC1C=CC(C(=O)N[C@@H](CCC(=O)O)C(=O)O)CC1. The van der Waals surface area contributed by atoms with E-state index in [0.29, 0.717) is 25.1 Å². The summed E-state index contributed by atoms with van der Waals surface area (Å²) in [6, 6.07) is -1.44. The molecule has 0 aromatic carbocycles. The fourth-order valence-corrected chi connectivity index (χ4v) is 3.78. The van der Waals surface area contributed by atoms with E-state index in [2.05, 4.69) is 25.6 Å². The summed E-state index contributed by atoms with van der Waals surface area (Å²) in [6.45, 7) is 0.491. The number of carbonyl (C=O) groups is 3. The van der Waals surface area contributed by atoms with Crippen molar-refractivity contribution in [1.82, 2.24) is 20.6 Å². The number of nitrogens with one attached hydrogen (secondary N) is 3. The highest BCUT2D eigenvalue weighted by Crippen LogP contribution is 2.26. The molecule has 0 saturated carbocycles. The number of hydrogen-bond acceptors (Lipinski definition) is 9. The molecule has 1 aromatic heterocycles. The Labute approximate surface area is 188 Å². The summed E-state index contributed by atoms with van der Waals surface area (Å²) >= 11 is 0. The minimum Gasteiger partial charge on any atom is -0.481 e. The molecule has 0 fully saturated rings. The molecule has 0 saturated heterocycles. The summed E-state index contributed by atoms with van der Waals surface area (Å²) in [5.41, 5.74) is 5.53. The zero-order valence-corrected chi connectivity index (χ0v) is 18.0. The Morgan fingerprint density at radius 1 is 1.30 bits per heavy atom. The van der Waals surface area contributed by atoms with E-state index in [4.69, 9.17) is 10.8 Å². The van der Waals surface area contributed by atoms with Crippen LogP contribution >= 0.6 is 0 Å². The van der Waals surface area contributed by atoms with Crippen molar-refractivity contribution in [3.8, 4) is 0 Å². The van der Waals surface area contributed by atoms with Crippen LogP contribution in [0.4, 0.5) is 17.5 Å². The van der Waals surface area contributed by atoms with Gasteiger partial charge in [0.1, 0.15) is 11.7 Å². The van der Waals surface area contributed by atoms with Gasteiger partial charge in [0.05, 0.1) is 12.0 Å². The van der Waals surface area contributed by atoms with Crippen LogP contribution in [0.15, 0.2) is 21.9 Å². The number of aliphatic carboxylic acids is 2. The van der Waals surface area contributed by atoms with Crippen molar-refractivity contribution in [2.24, 2.45) is 10.9 Å². The molecule has 7 N–H and O–H groups in total. The van der Waals surface area contributed by atoms with Crippen molar-refractivity contribution < 1.29 is 24.6 Å². The highest BCUT2D eigenvalue weighted by molar-refractivity contribution is 5.86. The maximum Gasteiger partial charge on any atom is 0.326 e. The normalized spacial score (nSPS) is 22.5. The van der Waals surface area contributed by atoms with Gasteiger partial charge in [0, 0.05) is 32.3 Å². The molecule has 13 heteroatoms. The Balaban J connectivity index is 1.52. The second kappa shape index (κ2) is 10.3. The predicted molar refractivity (Wildman–Crippen MR) is 120 cm³/mol. The number of aliphatic imine (C=N–C) groups is 1. The first-order chi connectivity index (χ1) is 15.7. The molecule has 1 aliphatic carbocycles. The van der Waals surface area contributed by atoms with E-state index in [9.17, 15) is 24.3 Å². The number of fused-ring (bicyclic) bond motifs is 1. The van der Waals surface area contributed by atoms with Crippen LogP contribution in [-0.4, -0.2) is 76.0 Å². The number of amides is 1. The molecule has 2 aliphatic rings. The first kappa shape index (κ1) is 23.9. The first-order valence-electron chi connectivity index (χ1n) is 10.5. The molecule has 1 aromatic rings. The van der Waals surface area contributed by atoms with Gasteiger partial charge in [-0.3, -0.25) is 19.4 Å². The van der Waals surface area contributed by atoms with Crippen LogP contribution < -0.4 is 26.8 Å². The van der Waals surface area contributed by atoms with Crippen LogP contribution in [0.2, 0.25) is 0 Å². The summed E-state index contributed by atoms with van der Waals surface area (Å²) in [5.74, 6) is -3.04. The smallest absolute Gasteiger partial charge is 0.326 e. The lowest BCUT2D eigenvalue weighted by atomic mass is 9.91. The van der Waals surface area contributed by atoms with Gasteiger partial charge in [-0.05, 0) is 19.3 Å². The highest BCUT2D eigenvalue weighted by atomic mass is 16.4. The molecule has 3 rings (SSSR count). The minimum atomic E-state index is -1.26. The predicted octanol–water partition coefficient (Wildman–Crippen LogP) is -0.769. The number of aromatic amines is 1. The number of rotatable bonds is 9. The van der Waals surface area contributed by atoms with E-state index in [1.54, 1.807) is 24.2 Å². The Morgan fingerprint density at radius 2 is 2.06 bits per heavy atom. The van der Waals surface area contributed by atoms with Gasteiger partial charge < -0.3 is 31.5 Å². The fraction of sp³-hybridized carbons (Fsp3) is 0.500. The number of nitrogens with two attached hydrogens (primary N) is 1. The Bertz CT molecular complexity index is 1040. The summed E-state index contributed by atoms with van der Waals surface area (Å²) < 4.78 is 0. The summed E-state index contributed by atoms with van der Waals surface area (Å²) in [5, 5.41) is 23.7. The molecule has 0 radical (unpaired) electrons. The van der Waals surface area contributed by atoms with Gasteiger partial charge in [0.15, 0.2) is 5.82 Å². The van der Waals surface area contributed by atoms with Crippen molar-refractivity contribution in [3.05, 3.63) is 22.5 Å². The average Bonchev–Trinajstić information content (AvgIpc) is 2.75. The van der Waals surface area contributed by atoms with E-state index < -0.39 is 29.8 Å². The zero-order chi connectivity index (χ0) is 24.1. The third-order valence-electron chi connectivity index (χ3n) is 5.67. The lowest BCUT2D eigenvalue weighted by Gasteiger charge is -2.32. The molecule has 0 bridgehead atoms. The quantitative estimate of drug-likeness (QED) is 0.253. The van der Waals surface area contributed by atoms with Crippen LogP contribution in [-0.2, 0) is 14.4 Å². The van der Waals surface area contributed by atoms with Gasteiger partial charge in [0.2, 0.25) is 11.9 Å². The highest BCUT2D eigenvalue weighted by Gasteiger charge is 2.28. The molecule has 3 unspecified atom stereocenters. The van der Waals surface area contributed by atoms with E-state index >= 15 is 0 Å². The Kier molecular flexibility index (Phi) is 7.43. The lowest BCUT2D eigenvalue weighted by Crippen LogP contribution is -2.48. The molecular weight excluding hydrogens is 434 g/mol. The molecule has 4 atom stereocenters. The summed E-state index contributed by atoms with van der Waals surface area (Å²) in [4.78, 5) is 59.1. The van der Waals surface area contributed by atoms with E-state index in [1.165, 1.54) is 0 Å². The van der Waals surface area contributed by atoms with Crippen molar-refractivity contribution in [1.29, 1.82) is 0 Å². The van der Waals surface area contributed by atoms with Crippen LogP contribution in [0.3, 0.4) is 0 Å². The maximum absolute atomic E-state index is 12.4. The number of carboxylic acid groups (broad SMARTS) is 2. The lowest BCUT2D eigenvalue weighted by molar-refractivity contribution is -0.143. The van der Waals surface area contributed by atoms with Gasteiger partial charge in [0.25, 0.3) is 5.56 Å². The number of likely N-dealkylation sites (N-methyl/N-ethyl adjacent to an activating group) is 1. The molecule has 1 amide bonds. The van der Waals surface area contributed by atoms with E-state index in [1.807, 2.05) is 6.08 Å². The van der Waals surface area contributed by atoms with Gasteiger partial charge >= 0.3 is 11.9 Å². The monoisotopic (exact) mass is 461 g/mol. The average molecular weight is 461 g/mol. The van der Waals surface area contributed by atoms with E-state index in [0.717, 1.165) is 0 Å². The van der Waals surface area contributed by atoms with Crippen molar-refractivity contribution in [2.45, 2.75) is 43.8 Å². The number of anilines is 2. The summed E-state index contributed by atoms with van der Waals surface area (Å²) in [7, 11) is 1.77. The van der Waals surface area contributed by atoms with Crippen LogP contribution in [0.1, 0.15) is 25.7 Å². The largest absolute Gasteiger partial charge is 0.481 e. The zero-order valence-electron chi connectivity index (χ0n) is 18.0. The Morgan fingerprint density at radius 3 is 2.70 bits per heavy atom. The fourth-order valence-electron chi connectivity index (χ4n) is 3.78. The topological polar surface area (TPSA) is 203 Å². The van der Waals surface area contributed by atoms with E-state index in [-0.39, 0.29) is 42.3 Å². The van der Waals surface area contributed by atoms with Gasteiger partial charge in [-0.2, -0.15) is 4.98 Å². The van der Waals surface area contributed by atoms with Crippen LogP contribution in [0, 0.1) is 5.92 Å².